The van der Waals surface area contributed by atoms with Gasteiger partial charge in [0.25, 0.3) is 0 Å². The van der Waals surface area contributed by atoms with E-state index in [1.54, 1.807) is 20.8 Å². The molecule has 0 radical (unpaired) electrons. The Bertz CT molecular complexity index is 300. The molecule has 8 nitrogen and oxygen atoms in total. The fourth-order valence-corrected chi connectivity index (χ4v) is 1.16. The second-order valence-electron chi connectivity index (χ2n) is 4.97. The van der Waals surface area contributed by atoms with Crippen LogP contribution in [0.3, 0.4) is 0 Å². The molecule has 0 aromatic carbocycles. The Morgan fingerprint density at radius 2 is 1.55 bits per heavy atom. The minimum atomic E-state index is -0.537. The third-order valence-electron chi connectivity index (χ3n) is 2.03. The minimum Gasteiger partial charge on any atom is -0.444 e. The van der Waals surface area contributed by atoms with E-state index in [4.69, 9.17) is 14.2 Å². The minimum absolute atomic E-state index is 0.234. The van der Waals surface area contributed by atoms with Crippen LogP contribution in [0.25, 0.3) is 0 Å². The first-order chi connectivity index (χ1) is 9.28. The highest BCUT2D eigenvalue weighted by Crippen LogP contribution is 2.05. The smallest absolute Gasteiger partial charge is 0.407 e. The molecule has 0 atom stereocenters. The zero-order valence-corrected chi connectivity index (χ0v) is 12.7. The molecular weight excluding hydrogens is 266 g/mol. The fraction of sp³-hybridized carbons (Fsp3) is 0.833. The normalized spacial score (nSPS) is 11.1. The maximum atomic E-state index is 11.4. The van der Waals surface area contributed by atoms with E-state index in [0.29, 0.717) is 0 Å². The van der Waals surface area contributed by atoms with Gasteiger partial charge in [-0.25, -0.2) is 9.59 Å². The Morgan fingerprint density at radius 1 is 1.00 bits per heavy atom. The lowest BCUT2D eigenvalue weighted by molar-refractivity contribution is -0.0971. The van der Waals surface area contributed by atoms with Crippen molar-refractivity contribution in [2.24, 2.45) is 0 Å². The van der Waals surface area contributed by atoms with Gasteiger partial charge in [0.05, 0.1) is 6.54 Å². The van der Waals surface area contributed by atoms with Crippen molar-refractivity contribution in [3.8, 4) is 0 Å². The summed E-state index contributed by atoms with van der Waals surface area (Å²) in [6, 6.07) is -0.366. The Balaban J connectivity index is 3.64. The summed E-state index contributed by atoms with van der Waals surface area (Å²) in [4.78, 5) is 22.7. The molecule has 3 amide bonds. The van der Waals surface area contributed by atoms with Crippen LogP contribution in [0.15, 0.2) is 0 Å². The quantitative estimate of drug-likeness (QED) is 0.467. The number of ether oxygens (including phenoxy) is 3. The Hall–Kier alpha value is -1.54. The molecule has 0 heterocycles. The molecule has 0 unspecified atom stereocenters. The molecule has 0 aliphatic rings. The van der Waals surface area contributed by atoms with Gasteiger partial charge in [-0.1, -0.05) is 0 Å². The lowest BCUT2D eigenvalue weighted by Gasteiger charge is -2.19. The molecule has 20 heavy (non-hydrogen) atoms. The van der Waals surface area contributed by atoms with Gasteiger partial charge in [0.1, 0.15) is 5.60 Å². The van der Waals surface area contributed by atoms with E-state index >= 15 is 0 Å². The van der Waals surface area contributed by atoms with Crippen molar-refractivity contribution in [3.05, 3.63) is 0 Å². The highest BCUT2D eigenvalue weighted by Gasteiger charge is 2.15. The average Bonchev–Trinajstić information content (AvgIpc) is 2.34. The van der Waals surface area contributed by atoms with E-state index in [0.717, 1.165) is 0 Å². The van der Waals surface area contributed by atoms with Crippen molar-refractivity contribution < 1.29 is 23.8 Å². The lowest BCUT2D eigenvalue weighted by Crippen LogP contribution is -2.44. The number of nitrogens with one attached hydrogen (secondary N) is 3. The van der Waals surface area contributed by atoms with Crippen LogP contribution < -0.4 is 16.0 Å². The first kappa shape index (κ1) is 18.5. The number of rotatable bonds is 7. The van der Waals surface area contributed by atoms with E-state index in [1.807, 2.05) is 0 Å². The number of carbonyl (C=O) groups excluding carboxylic acids is 2. The summed E-state index contributed by atoms with van der Waals surface area (Å²) in [6.45, 7) is 6.13. The molecule has 8 heteroatoms. The zero-order chi connectivity index (χ0) is 15.6. The van der Waals surface area contributed by atoms with E-state index in [1.165, 1.54) is 14.2 Å². The predicted octanol–water partition coefficient (Wildman–Crippen LogP) is 0.429. The van der Waals surface area contributed by atoms with E-state index in [2.05, 4.69) is 16.0 Å². The molecule has 0 aromatic rings. The van der Waals surface area contributed by atoms with Gasteiger partial charge in [-0.2, -0.15) is 0 Å². The van der Waals surface area contributed by atoms with Gasteiger partial charge in [0, 0.05) is 27.3 Å². The highest BCUT2D eigenvalue weighted by atomic mass is 16.7. The van der Waals surface area contributed by atoms with E-state index in [-0.39, 0.29) is 25.7 Å². The van der Waals surface area contributed by atoms with Crippen LogP contribution in [0.1, 0.15) is 20.8 Å². The van der Waals surface area contributed by atoms with Crippen molar-refractivity contribution in [1.82, 2.24) is 16.0 Å². The maximum absolute atomic E-state index is 11.4. The van der Waals surface area contributed by atoms with Gasteiger partial charge in [-0.3, -0.25) is 0 Å². The number of hydrogen-bond donors (Lipinski definition) is 3. The van der Waals surface area contributed by atoms with Gasteiger partial charge in [0.15, 0.2) is 6.29 Å². The van der Waals surface area contributed by atoms with Crippen molar-refractivity contribution in [2.45, 2.75) is 32.7 Å². The Labute approximate surface area is 119 Å². The van der Waals surface area contributed by atoms with Crippen LogP contribution in [-0.2, 0) is 14.2 Å². The monoisotopic (exact) mass is 291 g/mol. The van der Waals surface area contributed by atoms with Crippen LogP contribution in [0.5, 0.6) is 0 Å². The molecule has 0 bridgehead atoms. The second kappa shape index (κ2) is 9.38. The third kappa shape index (κ3) is 10.4. The van der Waals surface area contributed by atoms with Crippen LogP contribution in [0, 0.1) is 0 Å². The van der Waals surface area contributed by atoms with Gasteiger partial charge in [-0.15, -0.1) is 0 Å². The summed E-state index contributed by atoms with van der Waals surface area (Å²) in [5, 5.41) is 7.67. The molecule has 0 fully saturated rings. The molecule has 0 saturated heterocycles. The van der Waals surface area contributed by atoms with E-state index in [9.17, 15) is 9.59 Å². The first-order valence-corrected chi connectivity index (χ1v) is 6.32. The molecule has 0 rings (SSSR count). The first-order valence-electron chi connectivity index (χ1n) is 6.32. The lowest BCUT2D eigenvalue weighted by atomic mass is 10.2. The largest absolute Gasteiger partial charge is 0.444 e. The average molecular weight is 291 g/mol. The molecule has 0 saturated carbocycles. The molecule has 0 spiro atoms. The van der Waals surface area contributed by atoms with Crippen molar-refractivity contribution in [3.63, 3.8) is 0 Å². The van der Waals surface area contributed by atoms with Crippen molar-refractivity contribution in [2.75, 3.05) is 33.9 Å². The number of methoxy groups -OCH3 is 2. The van der Waals surface area contributed by atoms with Gasteiger partial charge >= 0.3 is 12.1 Å². The fourth-order valence-electron chi connectivity index (χ4n) is 1.16. The Morgan fingerprint density at radius 3 is 2.05 bits per heavy atom. The Kier molecular flexibility index (Phi) is 8.66. The number of urea groups is 1. The molecule has 3 N–H and O–H groups in total. The topological polar surface area (TPSA) is 97.9 Å². The van der Waals surface area contributed by atoms with Gasteiger partial charge < -0.3 is 30.2 Å². The van der Waals surface area contributed by atoms with Crippen LogP contribution >= 0.6 is 0 Å². The summed E-state index contributed by atoms with van der Waals surface area (Å²) in [5.74, 6) is 0. The standard InChI is InChI=1S/C12H25N3O5/c1-12(2,3)20-11(17)14-7-6-13-10(16)15-8-9(18-4)19-5/h9H,6-8H2,1-5H3,(H,14,17)(H2,13,15,16). The summed E-state index contributed by atoms with van der Waals surface area (Å²) < 4.78 is 14.9. The number of alkyl carbamates (subject to hydrolysis) is 1. The van der Waals surface area contributed by atoms with Gasteiger partial charge in [0.2, 0.25) is 0 Å². The molecule has 0 aliphatic heterocycles. The van der Waals surface area contributed by atoms with Crippen molar-refractivity contribution in [1.29, 1.82) is 0 Å². The summed E-state index contributed by atoms with van der Waals surface area (Å²) in [5.41, 5.74) is -0.537. The molecule has 0 aliphatic carbocycles. The van der Waals surface area contributed by atoms with Crippen LogP contribution in [0.2, 0.25) is 0 Å². The number of amides is 3. The SMILES string of the molecule is COC(CNC(=O)NCCNC(=O)OC(C)(C)C)OC. The third-order valence-corrected chi connectivity index (χ3v) is 2.03. The molecule has 0 aromatic heterocycles. The molecular formula is C12H25N3O5. The number of carbonyl (C=O) groups is 2. The van der Waals surface area contributed by atoms with Crippen molar-refractivity contribution >= 4 is 12.1 Å². The van der Waals surface area contributed by atoms with Gasteiger partial charge in [-0.05, 0) is 20.8 Å². The highest BCUT2D eigenvalue weighted by molar-refractivity contribution is 5.74. The summed E-state index contributed by atoms with van der Waals surface area (Å²) in [6.07, 6.45) is -1.00. The summed E-state index contributed by atoms with van der Waals surface area (Å²) >= 11 is 0. The second-order valence-corrected chi connectivity index (χ2v) is 4.97. The van der Waals surface area contributed by atoms with Crippen LogP contribution in [0.4, 0.5) is 9.59 Å². The predicted molar refractivity (Wildman–Crippen MR) is 73.4 cm³/mol. The summed E-state index contributed by atoms with van der Waals surface area (Å²) in [7, 11) is 2.97. The number of hydrogen-bond acceptors (Lipinski definition) is 5. The zero-order valence-electron chi connectivity index (χ0n) is 12.7. The van der Waals surface area contributed by atoms with Crippen LogP contribution in [-0.4, -0.2) is 57.9 Å². The van der Waals surface area contributed by atoms with E-state index < -0.39 is 18.0 Å². The maximum Gasteiger partial charge on any atom is 0.407 e. The molecule has 118 valence electrons.